The van der Waals surface area contributed by atoms with Gasteiger partial charge in [0.1, 0.15) is 11.5 Å². The SMILES string of the molecule is CCCCCCCCC(C)C[N+]1(C)CCC(NC(=O)C2c3ccccc3Oc3ccccc32)CC1. The van der Waals surface area contributed by atoms with Crippen LogP contribution in [0.2, 0.25) is 0 Å². The van der Waals surface area contributed by atoms with E-state index in [-0.39, 0.29) is 17.9 Å². The van der Waals surface area contributed by atoms with E-state index in [0.717, 1.165) is 59.0 Å². The molecule has 35 heavy (non-hydrogen) atoms. The standard InChI is InChI=1S/C31H44N2O2/c1-4-5-6-7-8-9-14-24(2)23-33(3)21-19-25(20-22-33)32-31(34)30-26-15-10-12-17-28(26)35-29-18-13-11-16-27(29)30/h10-13,15-18,24-25,30H,4-9,14,19-23H2,1-3H3/p+1. The Morgan fingerprint density at radius 1 is 0.943 bits per heavy atom. The van der Waals surface area contributed by atoms with Crippen LogP contribution < -0.4 is 10.1 Å². The number of benzene rings is 2. The lowest BCUT2D eigenvalue weighted by Gasteiger charge is -2.42. The summed E-state index contributed by atoms with van der Waals surface area (Å²) in [5, 5.41) is 3.42. The fraction of sp³-hybridized carbons (Fsp3) is 0.581. The summed E-state index contributed by atoms with van der Waals surface area (Å²) in [6.07, 6.45) is 11.7. The molecule has 4 nitrogen and oxygen atoms in total. The predicted molar refractivity (Wildman–Crippen MR) is 144 cm³/mol. The molecule has 2 aliphatic rings. The zero-order valence-corrected chi connectivity index (χ0v) is 22.1. The Balaban J connectivity index is 1.28. The van der Waals surface area contributed by atoms with Gasteiger partial charge in [-0.2, -0.15) is 0 Å². The number of quaternary nitrogens is 1. The molecule has 1 unspecified atom stereocenters. The van der Waals surface area contributed by atoms with Gasteiger partial charge >= 0.3 is 0 Å². The predicted octanol–water partition coefficient (Wildman–Crippen LogP) is 7.04. The first kappa shape index (κ1) is 25.8. The van der Waals surface area contributed by atoms with Gasteiger partial charge in [0.2, 0.25) is 5.91 Å². The Morgan fingerprint density at radius 2 is 1.51 bits per heavy atom. The van der Waals surface area contributed by atoms with Gasteiger partial charge in [-0.25, -0.2) is 0 Å². The normalized spacial score (nSPS) is 22.5. The molecular weight excluding hydrogens is 432 g/mol. The van der Waals surface area contributed by atoms with E-state index in [1.165, 1.54) is 51.5 Å². The van der Waals surface area contributed by atoms with E-state index >= 15 is 0 Å². The molecule has 1 saturated heterocycles. The first-order valence-corrected chi connectivity index (χ1v) is 14.0. The van der Waals surface area contributed by atoms with Crippen LogP contribution in [0.1, 0.15) is 88.7 Å². The average molecular weight is 478 g/mol. The van der Waals surface area contributed by atoms with Crippen molar-refractivity contribution in [2.24, 2.45) is 5.92 Å². The van der Waals surface area contributed by atoms with Crippen LogP contribution in [0.4, 0.5) is 0 Å². The van der Waals surface area contributed by atoms with Gasteiger partial charge in [0.05, 0.1) is 32.6 Å². The third-order valence-corrected chi connectivity index (χ3v) is 8.13. The van der Waals surface area contributed by atoms with Crippen LogP contribution in [0.3, 0.4) is 0 Å². The highest BCUT2D eigenvalue weighted by Crippen LogP contribution is 2.44. The van der Waals surface area contributed by atoms with Crippen LogP contribution in [-0.4, -0.2) is 43.1 Å². The van der Waals surface area contributed by atoms with E-state index in [1.54, 1.807) is 0 Å². The second-order valence-corrected chi connectivity index (χ2v) is 11.3. The third-order valence-electron chi connectivity index (χ3n) is 8.13. The lowest BCUT2D eigenvalue weighted by molar-refractivity contribution is -0.917. The van der Waals surface area contributed by atoms with Gasteiger partial charge in [-0.1, -0.05) is 88.8 Å². The quantitative estimate of drug-likeness (QED) is 0.278. The molecule has 1 atom stereocenters. The van der Waals surface area contributed by atoms with Crippen molar-refractivity contribution >= 4 is 5.91 Å². The van der Waals surface area contributed by atoms with Crippen molar-refractivity contribution in [2.75, 3.05) is 26.7 Å². The van der Waals surface area contributed by atoms with Gasteiger partial charge in [-0.05, 0) is 18.6 Å². The van der Waals surface area contributed by atoms with E-state index in [2.05, 4.69) is 26.2 Å². The number of nitrogens with one attached hydrogen (secondary N) is 1. The maximum absolute atomic E-state index is 13.6. The summed E-state index contributed by atoms with van der Waals surface area (Å²) in [7, 11) is 2.42. The van der Waals surface area contributed by atoms with Crippen molar-refractivity contribution in [3.8, 4) is 11.5 Å². The maximum atomic E-state index is 13.6. The van der Waals surface area contributed by atoms with Crippen LogP contribution in [0.25, 0.3) is 0 Å². The number of carbonyl (C=O) groups excluding carboxylic acids is 1. The molecule has 0 spiro atoms. The smallest absolute Gasteiger partial charge is 0.232 e. The van der Waals surface area contributed by atoms with Gasteiger partial charge in [0.15, 0.2) is 0 Å². The number of hydrogen-bond donors (Lipinski definition) is 1. The highest BCUT2D eigenvalue weighted by molar-refractivity contribution is 5.89. The zero-order chi connectivity index (χ0) is 24.7. The number of likely N-dealkylation sites (tertiary alicyclic amines) is 1. The summed E-state index contributed by atoms with van der Waals surface area (Å²) in [5.41, 5.74) is 1.92. The van der Waals surface area contributed by atoms with Gasteiger partial charge in [0, 0.05) is 35.9 Å². The average Bonchev–Trinajstić information content (AvgIpc) is 2.86. The molecule has 4 heteroatoms. The van der Waals surface area contributed by atoms with Crippen molar-refractivity contribution < 1.29 is 14.0 Å². The van der Waals surface area contributed by atoms with Gasteiger partial charge in [-0.15, -0.1) is 0 Å². The number of carbonyl (C=O) groups is 1. The minimum absolute atomic E-state index is 0.103. The second kappa shape index (κ2) is 12.1. The first-order chi connectivity index (χ1) is 17.0. The van der Waals surface area contributed by atoms with Crippen LogP contribution in [0.15, 0.2) is 48.5 Å². The number of nitrogens with zero attached hydrogens (tertiary/aromatic N) is 1. The summed E-state index contributed by atoms with van der Waals surface area (Å²) < 4.78 is 7.23. The molecule has 0 aliphatic carbocycles. The van der Waals surface area contributed by atoms with Crippen LogP contribution in [0, 0.1) is 5.92 Å². The number of amides is 1. The Hall–Kier alpha value is -2.33. The summed E-state index contributed by atoms with van der Waals surface area (Å²) in [4.78, 5) is 13.6. The molecule has 4 rings (SSSR count). The largest absolute Gasteiger partial charge is 0.457 e. The topological polar surface area (TPSA) is 38.3 Å². The van der Waals surface area contributed by atoms with Gasteiger partial charge in [0.25, 0.3) is 0 Å². The van der Waals surface area contributed by atoms with Crippen molar-refractivity contribution in [3.63, 3.8) is 0 Å². The Morgan fingerprint density at radius 3 is 2.14 bits per heavy atom. The molecule has 2 aromatic carbocycles. The van der Waals surface area contributed by atoms with E-state index < -0.39 is 0 Å². The Kier molecular flexibility index (Phi) is 8.89. The lowest BCUT2D eigenvalue weighted by Crippen LogP contribution is -2.56. The van der Waals surface area contributed by atoms with E-state index in [0.29, 0.717) is 0 Å². The number of ether oxygens (including phenoxy) is 1. The van der Waals surface area contributed by atoms with Crippen molar-refractivity contribution in [2.45, 2.75) is 83.6 Å². The summed E-state index contributed by atoms with van der Waals surface area (Å²) in [6, 6.07) is 16.1. The number of para-hydroxylation sites is 2. The molecular formula is C31H45N2O2+. The summed E-state index contributed by atoms with van der Waals surface area (Å²) in [6.45, 7) is 8.27. The van der Waals surface area contributed by atoms with Crippen molar-refractivity contribution in [1.82, 2.24) is 5.32 Å². The minimum Gasteiger partial charge on any atom is -0.457 e. The van der Waals surface area contributed by atoms with Crippen LogP contribution >= 0.6 is 0 Å². The monoisotopic (exact) mass is 477 g/mol. The van der Waals surface area contributed by atoms with Crippen molar-refractivity contribution in [1.29, 1.82) is 0 Å². The first-order valence-electron chi connectivity index (χ1n) is 14.0. The van der Waals surface area contributed by atoms with E-state index in [4.69, 9.17) is 4.74 Å². The molecule has 1 amide bonds. The summed E-state index contributed by atoms with van der Waals surface area (Å²) >= 11 is 0. The number of unbranched alkanes of at least 4 members (excludes halogenated alkanes) is 5. The van der Waals surface area contributed by atoms with Crippen LogP contribution in [-0.2, 0) is 4.79 Å². The molecule has 190 valence electrons. The summed E-state index contributed by atoms with van der Waals surface area (Å²) in [5.74, 6) is 2.15. The van der Waals surface area contributed by atoms with Gasteiger partial charge < -0.3 is 14.5 Å². The molecule has 0 saturated carbocycles. The van der Waals surface area contributed by atoms with Crippen molar-refractivity contribution in [3.05, 3.63) is 59.7 Å². The highest BCUT2D eigenvalue weighted by atomic mass is 16.5. The van der Waals surface area contributed by atoms with E-state index in [9.17, 15) is 4.79 Å². The fourth-order valence-corrected chi connectivity index (χ4v) is 6.11. The van der Waals surface area contributed by atoms with Gasteiger partial charge in [-0.3, -0.25) is 4.79 Å². The molecule has 0 aromatic heterocycles. The Bertz CT molecular complexity index is 918. The molecule has 1 fully saturated rings. The number of hydrogen-bond acceptors (Lipinski definition) is 2. The lowest BCUT2D eigenvalue weighted by atomic mass is 9.86. The number of piperidine rings is 1. The minimum atomic E-state index is -0.309. The Labute approximate surface area is 212 Å². The van der Waals surface area contributed by atoms with E-state index in [1.807, 2.05) is 48.5 Å². The maximum Gasteiger partial charge on any atom is 0.232 e. The molecule has 0 radical (unpaired) electrons. The fourth-order valence-electron chi connectivity index (χ4n) is 6.11. The van der Waals surface area contributed by atoms with Crippen LogP contribution in [0.5, 0.6) is 11.5 Å². The molecule has 2 heterocycles. The molecule has 2 aromatic rings. The highest BCUT2D eigenvalue weighted by Gasteiger charge is 2.36. The third kappa shape index (κ3) is 6.67. The molecule has 2 aliphatic heterocycles. The second-order valence-electron chi connectivity index (χ2n) is 11.3. The number of fused-ring (bicyclic) bond motifs is 2. The molecule has 0 bridgehead atoms. The number of rotatable bonds is 11. The molecule has 1 N–H and O–H groups in total. The zero-order valence-electron chi connectivity index (χ0n) is 22.1.